The van der Waals surface area contributed by atoms with Crippen molar-refractivity contribution in [1.29, 1.82) is 0 Å². The van der Waals surface area contributed by atoms with Crippen LogP contribution in [0.2, 0.25) is 0 Å². The highest BCUT2D eigenvalue weighted by molar-refractivity contribution is 5.97. The van der Waals surface area contributed by atoms with E-state index in [4.69, 9.17) is 9.47 Å². The first-order valence-corrected chi connectivity index (χ1v) is 14.5. The molecular formula is C32H42N4O4. The molecule has 4 rings (SSSR count). The summed E-state index contributed by atoms with van der Waals surface area (Å²) in [5, 5.41) is 4.41. The van der Waals surface area contributed by atoms with E-state index < -0.39 is 0 Å². The number of hydrogen-bond donors (Lipinski definition) is 0. The van der Waals surface area contributed by atoms with Gasteiger partial charge in [0.2, 0.25) is 0 Å². The molecule has 0 radical (unpaired) electrons. The summed E-state index contributed by atoms with van der Waals surface area (Å²) in [5.41, 5.74) is 2.26. The number of fused-ring (bicyclic) bond motifs is 1. The maximum absolute atomic E-state index is 13.9. The molecule has 1 aliphatic heterocycles. The number of carbonyl (C=O) groups excluding carboxylic acids is 2. The van der Waals surface area contributed by atoms with Crippen LogP contribution in [0.4, 0.5) is 0 Å². The van der Waals surface area contributed by atoms with Crippen molar-refractivity contribution in [2.75, 3.05) is 40.0 Å². The lowest BCUT2D eigenvalue weighted by atomic mass is 10.0. The van der Waals surface area contributed by atoms with Crippen molar-refractivity contribution in [3.05, 3.63) is 83.7 Å². The molecule has 1 aliphatic rings. The van der Waals surface area contributed by atoms with E-state index in [9.17, 15) is 9.59 Å². The van der Waals surface area contributed by atoms with Gasteiger partial charge in [0.15, 0.2) is 0 Å². The van der Waals surface area contributed by atoms with Crippen molar-refractivity contribution in [2.24, 2.45) is 0 Å². The number of aryl methyl sites for hydroxylation is 1. The molecule has 2 amide bonds. The van der Waals surface area contributed by atoms with E-state index in [1.807, 2.05) is 63.1 Å². The van der Waals surface area contributed by atoms with Crippen LogP contribution in [-0.4, -0.2) is 77.4 Å². The van der Waals surface area contributed by atoms with Crippen molar-refractivity contribution >= 4 is 11.8 Å². The maximum Gasteiger partial charge on any atom is 0.257 e. The van der Waals surface area contributed by atoms with Gasteiger partial charge < -0.3 is 19.3 Å². The van der Waals surface area contributed by atoms with E-state index in [1.54, 1.807) is 13.3 Å². The molecule has 8 heteroatoms. The maximum atomic E-state index is 13.9. The molecule has 40 heavy (non-hydrogen) atoms. The van der Waals surface area contributed by atoms with Crippen LogP contribution in [0.3, 0.4) is 0 Å². The summed E-state index contributed by atoms with van der Waals surface area (Å²) in [5.74, 6) is 0.447. The van der Waals surface area contributed by atoms with Gasteiger partial charge in [0.25, 0.3) is 11.8 Å². The molecular weight excluding hydrogens is 504 g/mol. The number of para-hydroxylation sites is 1. The molecule has 0 bridgehead atoms. The lowest BCUT2D eigenvalue weighted by molar-refractivity contribution is 0.0591. The van der Waals surface area contributed by atoms with Gasteiger partial charge in [-0.3, -0.25) is 14.3 Å². The number of benzene rings is 2. The molecule has 2 aromatic carbocycles. The number of aromatic nitrogens is 2. The summed E-state index contributed by atoms with van der Waals surface area (Å²) in [6.45, 7) is 5.45. The van der Waals surface area contributed by atoms with E-state index in [0.717, 1.165) is 44.2 Å². The topological polar surface area (TPSA) is 76.9 Å². The first-order chi connectivity index (χ1) is 19.6. The molecule has 0 aliphatic carbocycles. The fourth-order valence-corrected chi connectivity index (χ4v) is 5.17. The van der Waals surface area contributed by atoms with Crippen molar-refractivity contribution in [1.82, 2.24) is 19.6 Å². The highest BCUT2D eigenvalue weighted by Crippen LogP contribution is 2.23. The molecule has 0 saturated heterocycles. The minimum absolute atomic E-state index is 0.0333. The minimum Gasteiger partial charge on any atom is -0.491 e. The smallest absolute Gasteiger partial charge is 0.257 e. The second-order valence-corrected chi connectivity index (χ2v) is 10.3. The summed E-state index contributed by atoms with van der Waals surface area (Å²) in [4.78, 5) is 31.4. The highest BCUT2D eigenvalue weighted by atomic mass is 16.5. The Hall–Kier alpha value is -3.65. The van der Waals surface area contributed by atoms with Crippen molar-refractivity contribution in [3.8, 4) is 5.75 Å². The second kappa shape index (κ2) is 15.2. The molecule has 1 atom stereocenters. The SMILES string of the molecule is CCCn1cc(C(=O)N2CCCCCCN(CCOC)C(=O)c3ccccc3OC[C@@H]2Cc2ccccc2)cn1. The number of amides is 2. The summed E-state index contributed by atoms with van der Waals surface area (Å²) in [7, 11) is 1.65. The van der Waals surface area contributed by atoms with E-state index >= 15 is 0 Å². The summed E-state index contributed by atoms with van der Waals surface area (Å²) < 4.78 is 13.5. The predicted molar refractivity (Wildman–Crippen MR) is 156 cm³/mol. The predicted octanol–water partition coefficient (Wildman–Crippen LogP) is 5.09. The Morgan fingerprint density at radius 1 is 1.00 bits per heavy atom. The Bertz CT molecular complexity index is 1210. The van der Waals surface area contributed by atoms with Crippen LogP contribution in [0.25, 0.3) is 0 Å². The fourth-order valence-electron chi connectivity index (χ4n) is 5.17. The van der Waals surface area contributed by atoms with Crippen LogP contribution in [0, 0.1) is 0 Å². The molecule has 8 nitrogen and oxygen atoms in total. The third kappa shape index (κ3) is 7.94. The lowest BCUT2D eigenvalue weighted by Gasteiger charge is -2.33. The van der Waals surface area contributed by atoms with E-state index in [0.29, 0.717) is 49.5 Å². The van der Waals surface area contributed by atoms with Crippen molar-refractivity contribution < 1.29 is 19.1 Å². The largest absolute Gasteiger partial charge is 0.491 e. The molecule has 3 aromatic rings. The Balaban J connectivity index is 1.66. The average Bonchev–Trinajstić information content (AvgIpc) is 3.45. The summed E-state index contributed by atoms with van der Waals surface area (Å²) in [6, 6.07) is 17.4. The summed E-state index contributed by atoms with van der Waals surface area (Å²) in [6.07, 6.45) is 8.84. The molecule has 0 fully saturated rings. The van der Waals surface area contributed by atoms with E-state index in [1.165, 1.54) is 0 Å². The quantitative estimate of drug-likeness (QED) is 0.394. The molecule has 0 unspecified atom stereocenters. The van der Waals surface area contributed by atoms with Crippen LogP contribution >= 0.6 is 0 Å². The van der Waals surface area contributed by atoms with Crippen LogP contribution in [0.15, 0.2) is 67.0 Å². The number of ether oxygens (including phenoxy) is 2. The Kier molecular flexibility index (Phi) is 11.2. The third-order valence-electron chi connectivity index (χ3n) is 7.33. The Morgan fingerprint density at radius 3 is 2.52 bits per heavy atom. The van der Waals surface area contributed by atoms with Crippen LogP contribution in [0.1, 0.15) is 65.3 Å². The lowest BCUT2D eigenvalue weighted by Crippen LogP contribution is -2.45. The zero-order valence-electron chi connectivity index (χ0n) is 23.8. The number of nitrogens with zero attached hydrogens (tertiary/aromatic N) is 4. The molecule has 1 aromatic heterocycles. The van der Waals surface area contributed by atoms with Crippen molar-refractivity contribution in [3.63, 3.8) is 0 Å². The number of methoxy groups -OCH3 is 1. The second-order valence-electron chi connectivity index (χ2n) is 10.3. The van der Waals surface area contributed by atoms with Gasteiger partial charge in [-0.2, -0.15) is 5.10 Å². The molecule has 2 heterocycles. The van der Waals surface area contributed by atoms with Gasteiger partial charge in [0.1, 0.15) is 12.4 Å². The Labute approximate surface area is 237 Å². The fraction of sp³-hybridized carbons (Fsp3) is 0.469. The van der Waals surface area contributed by atoms with Crippen LogP contribution < -0.4 is 4.74 Å². The molecule has 0 saturated carbocycles. The van der Waals surface area contributed by atoms with Crippen molar-refractivity contribution in [2.45, 2.75) is 58.0 Å². The van der Waals surface area contributed by atoms with Gasteiger partial charge in [-0.15, -0.1) is 0 Å². The summed E-state index contributed by atoms with van der Waals surface area (Å²) >= 11 is 0. The number of hydrogen-bond acceptors (Lipinski definition) is 5. The van der Waals surface area contributed by atoms with Gasteiger partial charge in [0.05, 0.1) is 30.0 Å². The normalized spacial score (nSPS) is 17.1. The standard InChI is InChI=1S/C32H42N4O4/c1-3-17-35-24-27(23-33-35)31(37)36-19-12-5-4-11-18-34(20-21-39-2)32(38)29-15-9-10-16-30(29)40-25-28(36)22-26-13-7-6-8-14-26/h6-10,13-16,23-24,28H,3-5,11-12,17-22,25H2,1-2H3/t28-/m0/s1. The number of carbonyl (C=O) groups is 2. The van der Waals surface area contributed by atoms with Gasteiger partial charge in [-0.1, -0.05) is 62.2 Å². The van der Waals surface area contributed by atoms with Crippen LogP contribution in [0.5, 0.6) is 5.75 Å². The highest BCUT2D eigenvalue weighted by Gasteiger charge is 2.28. The van der Waals surface area contributed by atoms with Gasteiger partial charge in [-0.25, -0.2) is 0 Å². The number of rotatable bonds is 8. The van der Waals surface area contributed by atoms with Gasteiger partial charge in [0, 0.05) is 39.5 Å². The molecule has 0 N–H and O–H groups in total. The molecule has 0 spiro atoms. The minimum atomic E-state index is -0.222. The molecule has 214 valence electrons. The van der Waals surface area contributed by atoms with E-state index in [-0.39, 0.29) is 24.5 Å². The van der Waals surface area contributed by atoms with Crippen LogP contribution in [-0.2, 0) is 17.7 Å². The Morgan fingerprint density at radius 2 is 1.75 bits per heavy atom. The first kappa shape index (κ1) is 29.3. The zero-order chi connectivity index (χ0) is 28.2. The first-order valence-electron chi connectivity index (χ1n) is 14.5. The average molecular weight is 547 g/mol. The van der Waals surface area contributed by atoms with Gasteiger partial charge in [-0.05, 0) is 43.4 Å². The monoisotopic (exact) mass is 546 g/mol. The third-order valence-corrected chi connectivity index (χ3v) is 7.33. The van der Waals surface area contributed by atoms with E-state index in [2.05, 4.69) is 24.2 Å². The van der Waals surface area contributed by atoms with Gasteiger partial charge >= 0.3 is 0 Å². The zero-order valence-corrected chi connectivity index (χ0v) is 23.8.